The van der Waals surface area contributed by atoms with E-state index < -0.39 is 0 Å². The lowest BCUT2D eigenvalue weighted by molar-refractivity contribution is 0.648. The van der Waals surface area contributed by atoms with E-state index in [-0.39, 0.29) is 0 Å². The number of nitrogens with one attached hydrogen (secondary N) is 4. The number of aromatic amines is 3. The van der Waals surface area contributed by atoms with Crippen LogP contribution in [0.1, 0.15) is 124 Å². The van der Waals surface area contributed by atoms with Crippen molar-refractivity contribution in [2.24, 2.45) is 0 Å². The SMILES string of the molecule is CCC1=C(CC)C2Cc3[nH]c(c(CC)c3CC)C=c3[nH]c(c(CC)c3CC)=Cc3[nH]c(c(CC)c3CC)C=C1N2. The van der Waals surface area contributed by atoms with Crippen LogP contribution < -0.4 is 16.0 Å². The Labute approximate surface area is 241 Å². The van der Waals surface area contributed by atoms with Crippen LogP contribution in [0.4, 0.5) is 0 Å². The molecule has 0 saturated carbocycles. The number of rotatable bonds is 8. The van der Waals surface area contributed by atoms with Crippen LogP contribution in [0.25, 0.3) is 18.2 Å². The topological polar surface area (TPSA) is 59.4 Å². The van der Waals surface area contributed by atoms with Crippen molar-refractivity contribution >= 4 is 18.2 Å². The molecule has 8 bridgehead atoms. The molecule has 0 amide bonds. The van der Waals surface area contributed by atoms with Gasteiger partial charge in [-0.25, -0.2) is 0 Å². The maximum Gasteiger partial charge on any atom is 0.0534 e. The lowest BCUT2D eigenvalue weighted by atomic mass is 9.94. The van der Waals surface area contributed by atoms with E-state index in [9.17, 15) is 0 Å². The van der Waals surface area contributed by atoms with E-state index >= 15 is 0 Å². The fraction of sp³-hybridized carbons (Fsp3) is 0.500. The van der Waals surface area contributed by atoms with E-state index in [1.54, 1.807) is 5.57 Å². The summed E-state index contributed by atoms with van der Waals surface area (Å²) in [5.41, 5.74) is 18.3. The Hall–Kier alpha value is -3.14. The molecule has 5 rings (SSSR count). The second-order valence-electron chi connectivity index (χ2n) is 11.4. The summed E-state index contributed by atoms with van der Waals surface area (Å²) in [6, 6.07) is 0.326. The zero-order chi connectivity index (χ0) is 28.6. The second-order valence-corrected chi connectivity index (χ2v) is 11.4. The number of allylic oxidation sites excluding steroid dienone is 1. The van der Waals surface area contributed by atoms with Gasteiger partial charge in [0.15, 0.2) is 0 Å². The van der Waals surface area contributed by atoms with Gasteiger partial charge in [0.25, 0.3) is 0 Å². The molecule has 3 aromatic rings. The third-order valence-electron chi connectivity index (χ3n) is 9.50. The summed E-state index contributed by atoms with van der Waals surface area (Å²) in [5, 5.41) is 6.51. The number of H-pyrrole nitrogens is 3. The average Bonchev–Trinajstić information content (AvgIpc) is 3.67. The van der Waals surface area contributed by atoms with E-state index in [4.69, 9.17) is 0 Å². The molecule has 5 heterocycles. The summed E-state index contributed by atoms with van der Waals surface area (Å²) in [5.74, 6) is 0. The van der Waals surface area contributed by atoms with E-state index in [1.807, 2.05) is 0 Å². The number of hydrogen-bond acceptors (Lipinski definition) is 1. The highest BCUT2D eigenvalue weighted by atomic mass is 15.0. The molecular weight excluding hydrogens is 488 g/mol. The van der Waals surface area contributed by atoms with Crippen molar-refractivity contribution in [3.63, 3.8) is 0 Å². The fourth-order valence-corrected chi connectivity index (χ4v) is 7.70. The summed E-state index contributed by atoms with van der Waals surface area (Å²) in [6.07, 6.45) is 16.5. The fourth-order valence-electron chi connectivity index (χ4n) is 7.70. The van der Waals surface area contributed by atoms with Crippen molar-refractivity contribution in [1.82, 2.24) is 20.3 Å². The Bertz CT molecular complexity index is 1580. The van der Waals surface area contributed by atoms with Crippen LogP contribution in [0.3, 0.4) is 0 Å². The molecule has 4 nitrogen and oxygen atoms in total. The largest absolute Gasteiger partial charge is 0.378 e. The molecule has 0 fully saturated rings. The zero-order valence-corrected chi connectivity index (χ0v) is 26.2. The number of aromatic nitrogens is 3. The number of hydrogen-bond donors (Lipinski definition) is 4. The smallest absolute Gasteiger partial charge is 0.0534 e. The van der Waals surface area contributed by atoms with Crippen LogP contribution in [0.2, 0.25) is 0 Å². The molecule has 4 N–H and O–H groups in total. The van der Waals surface area contributed by atoms with Gasteiger partial charge in [-0.3, -0.25) is 0 Å². The monoisotopic (exact) mass is 538 g/mol. The third kappa shape index (κ3) is 4.63. The van der Waals surface area contributed by atoms with E-state index in [1.165, 1.54) is 78.1 Å². The van der Waals surface area contributed by atoms with Gasteiger partial charge in [-0.2, -0.15) is 0 Å². The molecule has 0 aliphatic carbocycles. The Kier molecular flexibility index (Phi) is 8.35. The van der Waals surface area contributed by atoms with Gasteiger partial charge in [-0.05, 0) is 114 Å². The summed E-state index contributed by atoms with van der Waals surface area (Å²) in [4.78, 5) is 11.7. The van der Waals surface area contributed by atoms with E-state index in [0.29, 0.717) is 6.04 Å². The maximum atomic E-state index is 4.01. The highest BCUT2D eigenvalue weighted by Crippen LogP contribution is 2.35. The molecular formula is C36H50N4. The minimum absolute atomic E-state index is 0.326. The van der Waals surface area contributed by atoms with Crippen LogP contribution >= 0.6 is 0 Å². The lowest BCUT2D eigenvalue weighted by Gasteiger charge is -2.16. The zero-order valence-electron chi connectivity index (χ0n) is 26.2. The normalized spacial score (nSPS) is 16.6. The highest BCUT2D eigenvalue weighted by Gasteiger charge is 2.29. The van der Waals surface area contributed by atoms with Crippen LogP contribution in [0, 0.1) is 0 Å². The van der Waals surface area contributed by atoms with Crippen LogP contribution in [-0.4, -0.2) is 21.0 Å². The molecule has 4 heteroatoms. The van der Waals surface area contributed by atoms with Crippen molar-refractivity contribution in [3.05, 3.63) is 83.7 Å². The van der Waals surface area contributed by atoms with Gasteiger partial charge in [-0.1, -0.05) is 55.4 Å². The Morgan fingerprint density at radius 2 is 1.02 bits per heavy atom. The third-order valence-corrected chi connectivity index (χ3v) is 9.50. The molecule has 2 aliphatic heterocycles. The molecule has 3 aromatic heterocycles. The van der Waals surface area contributed by atoms with Gasteiger partial charge in [0.1, 0.15) is 0 Å². The van der Waals surface area contributed by atoms with Gasteiger partial charge >= 0.3 is 0 Å². The van der Waals surface area contributed by atoms with Gasteiger partial charge in [0.05, 0.1) is 6.04 Å². The summed E-state index contributed by atoms with van der Waals surface area (Å²) < 4.78 is 0. The van der Waals surface area contributed by atoms with E-state index in [2.05, 4.69) is 93.9 Å². The van der Waals surface area contributed by atoms with Gasteiger partial charge in [-0.15, -0.1) is 0 Å². The van der Waals surface area contributed by atoms with Gasteiger partial charge in [0, 0.05) is 45.6 Å². The van der Waals surface area contributed by atoms with Crippen LogP contribution in [0.5, 0.6) is 0 Å². The Morgan fingerprint density at radius 3 is 1.52 bits per heavy atom. The van der Waals surface area contributed by atoms with Crippen molar-refractivity contribution in [3.8, 4) is 0 Å². The lowest BCUT2D eigenvalue weighted by Crippen LogP contribution is -2.27. The molecule has 0 spiro atoms. The molecule has 0 radical (unpaired) electrons. The standard InChI is InChI=1S/C36H50N4/c1-9-21-22(10-2)30-18-32-25(13-5)26(14-6)34(39-32)20-36-28(16-8)27(15-7)35(40-36)19-33-24(12-4)23(11-3)31(38-33)17-29(21)37-30/h17-19,34,37-40H,9-16,20H2,1-8H3. The first-order valence-corrected chi connectivity index (χ1v) is 16.1. The number of fused-ring (bicyclic) bond motifs is 8. The first-order chi connectivity index (χ1) is 19.5. The minimum Gasteiger partial charge on any atom is -0.378 e. The molecule has 0 saturated heterocycles. The molecule has 40 heavy (non-hydrogen) atoms. The first kappa shape index (κ1) is 28.4. The maximum absolute atomic E-state index is 4.01. The predicted octanol–water partition coefficient (Wildman–Crippen LogP) is 6.69. The molecule has 2 aliphatic rings. The second kappa shape index (κ2) is 11.8. The predicted molar refractivity (Wildman–Crippen MR) is 171 cm³/mol. The molecule has 1 atom stereocenters. The molecule has 1 unspecified atom stereocenters. The Morgan fingerprint density at radius 1 is 0.525 bits per heavy atom. The van der Waals surface area contributed by atoms with E-state index in [0.717, 1.165) is 57.8 Å². The molecule has 0 aromatic carbocycles. The van der Waals surface area contributed by atoms with Crippen molar-refractivity contribution in [1.29, 1.82) is 0 Å². The van der Waals surface area contributed by atoms with Crippen molar-refractivity contribution in [2.75, 3.05) is 0 Å². The van der Waals surface area contributed by atoms with Crippen LogP contribution in [-0.2, 0) is 44.9 Å². The van der Waals surface area contributed by atoms with Crippen LogP contribution in [0.15, 0.2) is 16.8 Å². The quantitative estimate of drug-likeness (QED) is 0.254. The van der Waals surface area contributed by atoms with Gasteiger partial charge in [0.2, 0.25) is 0 Å². The van der Waals surface area contributed by atoms with Crippen molar-refractivity contribution < 1.29 is 0 Å². The Balaban J connectivity index is 1.89. The highest BCUT2D eigenvalue weighted by molar-refractivity contribution is 5.67. The first-order valence-electron chi connectivity index (χ1n) is 16.1. The van der Waals surface area contributed by atoms with Crippen molar-refractivity contribution in [2.45, 2.75) is 119 Å². The summed E-state index contributed by atoms with van der Waals surface area (Å²) in [7, 11) is 0. The minimum atomic E-state index is 0.326. The molecule has 214 valence electrons. The summed E-state index contributed by atoms with van der Waals surface area (Å²) in [6.45, 7) is 18.4. The summed E-state index contributed by atoms with van der Waals surface area (Å²) >= 11 is 0. The average molecular weight is 539 g/mol. The van der Waals surface area contributed by atoms with Gasteiger partial charge < -0.3 is 20.3 Å².